The van der Waals surface area contributed by atoms with E-state index >= 15 is 0 Å². The first kappa shape index (κ1) is 13.8. The van der Waals surface area contributed by atoms with Crippen molar-refractivity contribution in [3.8, 4) is 0 Å². The van der Waals surface area contributed by atoms with Crippen molar-refractivity contribution in [3.63, 3.8) is 0 Å². The van der Waals surface area contributed by atoms with Gasteiger partial charge in [0.2, 0.25) is 5.91 Å². The first-order valence-electron chi connectivity index (χ1n) is 7.22. The highest BCUT2D eigenvalue weighted by molar-refractivity contribution is 5.75. The van der Waals surface area contributed by atoms with Gasteiger partial charge in [0.25, 0.3) is 0 Å². The lowest BCUT2D eigenvalue weighted by atomic mass is 10.0. The Hall–Kier alpha value is -1.58. The summed E-state index contributed by atoms with van der Waals surface area (Å²) in [4.78, 5) is 17.9. The van der Waals surface area contributed by atoms with Crippen molar-refractivity contribution in [1.29, 1.82) is 0 Å². The second-order valence-corrected chi connectivity index (χ2v) is 5.06. The smallest absolute Gasteiger partial charge is 0.222 e. The number of carbonyl (C=O) groups excluding carboxylic acids is 1. The highest BCUT2D eigenvalue weighted by Crippen LogP contribution is 2.16. The van der Waals surface area contributed by atoms with Gasteiger partial charge in [-0.15, -0.1) is 0 Å². The molecule has 4 heteroatoms. The van der Waals surface area contributed by atoms with Crippen LogP contribution in [0.1, 0.15) is 38.7 Å². The van der Waals surface area contributed by atoms with Gasteiger partial charge in [0.15, 0.2) is 0 Å². The van der Waals surface area contributed by atoms with Gasteiger partial charge in [0.05, 0.1) is 0 Å². The van der Waals surface area contributed by atoms with E-state index in [0.29, 0.717) is 12.5 Å². The summed E-state index contributed by atoms with van der Waals surface area (Å²) in [7, 11) is 0. The van der Waals surface area contributed by atoms with Crippen LogP contribution in [0.2, 0.25) is 0 Å². The van der Waals surface area contributed by atoms with E-state index in [0.717, 1.165) is 38.2 Å². The maximum absolute atomic E-state index is 11.6. The molecule has 0 atom stereocenters. The Labute approximate surface area is 115 Å². The normalized spacial score (nSPS) is 16.4. The summed E-state index contributed by atoms with van der Waals surface area (Å²) in [6.45, 7) is 5.79. The van der Waals surface area contributed by atoms with Crippen molar-refractivity contribution in [2.45, 2.75) is 45.6 Å². The predicted octanol–water partition coefficient (Wildman–Crippen LogP) is 2.46. The monoisotopic (exact) mass is 261 g/mol. The Morgan fingerprint density at radius 2 is 2.16 bits per heavy atom. The maximum Gasteiger partial charge on any atom is 0.222 e. The Morgan fingerprint density at radius 3 is 2.79 bits per heavy atom. The molecular formula is C15H23N3O. The molecule has 104 valence electrons. The van der Waals surface area contributed by atoms with Crippen LogP contribution in [-0.2, 0) is 11.2 Å². The number of aryl methyl sites for hydroxylation is 1. The highest BCUT2D eigenvalue weighted by atomic mass is 16.2. The quantitative estimate of drug-likeness (QED) is 0.905. The third-order valence-electron chi connectivity index (χ3n) is 3.73. The number of rotatable bonds is 4. The summed E-state index contributed by atoms with van der Waals surface area (Å²) in [6.07, 6.45) is 5.50. The van der Waals surface area contributed by atoms with E-state index in [-0.39, 0.29) is 5.91 Å². The zero-order valence-electron chi connectivity index (χ0n) is 11.9. The lowest BCUT2D eigenvalue weighted by Gasteiger charge is -2.32. The van der Waals surface area contributed by atoms with Crippen molar-refractivity contribution in [2.24, 2.45) is 0 Å². The molecule has 1 N–H and O–H groups in total. The number of aromatic nitrogens is 1. The zero-order valence-corrected chi connectivity index (χ0v) is 11.9. The number of amides is 1. The van der Waals surface area contributed by atoms with Gasteiger partial charge in [-0.1, -0.05) is 13.8 Å². The molecule has 1 fully saturated rings. The third kappa shape index (κ3) is 3.69. The fraction of sp³-hybridized carbons (Fsp3) is 0.600. The third-order valence-corrected chi connectivity index (χ3v) is 3.73. The van der Waals surface area contributed by atoms with Crippen LogP contribution in [0.3, 0.4) is 0 Å². The van der Waals surface area contributed by atoms with Crippen molar-refractivity contribution in [3.05, 3.63) is 23.9 Å². The Bertz CT molecular complexity index is 425. The molecule has 19 heavy (non-hydrogen) atoms. The van der Waals surface area contributed by atoms with E-state index in [1.54, 1.807) is 0 Å². The molecular weight excluding hydrogens is 238 g/mol. The van der Waals surface area contributed by atoms with Gasteiger partial charge in [0, 0.05) is 31.7 Å². The van der Waals surface area contributed by atoms with E-state index in [4.69, 9.17) is 0 Å². The molecule has 0 aromatic carbocycles. The molecule has 0 unspecified atom stereocenters. The van der Waals surface area contributed by atoms with Crippen LogP contribution < -0.4 is 5.32 Å². The largest absolute Gasteiger partial charge is 0.367 e. The maximum atomic E-state index is 11.6. The second kappa shape index (κ2) is 6.55. The fourth-order valence-corrected chi connectivity index (χ4v) is 2.48. The molecule has 1 aliphatic heterocycles. The van der Waals surface area contributed by atoms with E-state index in [1.807, 2.05) is 24.1 Å². The van der Waals surface area contributed by atoms with Crippen LogP contribution in [0.15, 0.2) is 18.3 Å². The van der Waals surface area contributed by atoms with Crippen molar-refractivity contribution < 1.29 is 4.79 Å². The predicted molar refractivity (Wildman–Crippen MR) is 77.1 cm³/mol. The second-order valence-electron chi connectivity index (χ2n) is 5.06. The Balaban J connectivity index is 1.86. The van der Waals surface area contributed by atoms with Gasteiger partial charge in [0.1, 0.15) is 5.82 Å². The molecule has 0 radical (unpaired) electrons. The molecule has 1 aromatic rings. The lowest BCUT2D eigenvalue weighted by Crippen LogP contribution is -2.42. The van der Waals surface area contributed by atoms with Crippen molar-refractivity contribution in [1.82, 2.24) is 9.88 Å². The van der Waals surface area contributed by atoms with Crippen LogP contribution in [0.4, 0.5) is 5.82 Å². The van der Waals surface area contributed by atoms with Crippen LogP contribution in [0.5, 0.6) is 0 Å². The molecule has 2 heterocycles. The van der Waals surface area contributed by atoms with Crippen molar-refractivity contribution in [2.75, 3.05) is 18.4 Å². The highest BCUT2D eigenvalue weighted by Gasteiger charge is 2.21. The summed E-state index contributed by atoms with van der Waals surface area (Å²) < 4.78 is 0. The summed E-state index contributed by atoms with van der Waals surface area (Å²) in [5.41, 5.74) is 1.30. The van der Waals surface area contributed by atoms with Gasteiger partial charge in [-0.25, -0.2) is 4.98 Å². The number of likely N-dealkylation sites (tertiary alicyclic amines) is 1. The van der Waals surface area contributed by atoms with E-state index < -0.39 is 0 Å². The number of hydrogen-bond acceptors (Lipinski definition) is 3. The number of anilines is 1. The SMILES string of the molecule is CCC(=O)N1CCC(Nc2cc(CC)ccn2)CC1. The van der Waals surface area contributed by atoms with Gasteiger partial charge >= 0.3 is 0 Å². The standard InChI is InChI=1S/C15H23N3O/c1-3-12-5-8-16-14(11-12)17-13-6-9-18(10-7-13)15(19)4-2/h5,8,11,13H,3-4,6-7,9-10H2,1-2H3,(H,16,17). The molecule has 0 bridgehead atoms. The number of carbonyl (C=O) groups is 1. The lowest BCUT2D eigenvalue weighted by molar-refractivity contribution is -0.131. The molecule has 1 saturated heterocycles. The van der Waals surface area contributed by atoms with Crippen LogP contribution >= 0.6 is 0 Å². The van der Waals surface area contributed by atoms with Gasteiger partial charge in [-0.3, -0.25) is 4.79 Å². The average molecular weight is 261 g/mol. The van der Waals surface area contributed by atoms with Gasteiger partial charge in [-0.05, 0) is 37.0 Å². The number of nitrogens with zero attached hydrogens (tertiary/aromatic N) is 2. The minimum Gasteiger partial charge on any atom is -0.367 e. The molecule has 2 rings (SSSR count). The molecule has 4 nitrogen and oxygen atoms in total. The van der Waals surface area contributed by atoms with Crippen LogP contribution in [-0.4, -0.2) is 34.9 Å². The van der Waals surface area contributed by atoms with Crippen molar-refractivity contribution >= 4 is 11.7 Å². The topological polar surface area (TPSA) is 45.2 Å². The number of nitrogens with one attached hydrogen (secondary N) is 1. The zero-order chi connectivity index (χ0) is 13.7. The fourth-order valence-electron chi connectivity index (χ4n) is 2.48. The number of piperidine rings is 1. The Morgan fingerprint density at radius 1 is 1.42 bits per heavy atom. The minimum atomic E-state index is 0.268. The first-order valence-corrected chi connectivity index (χ1v) is 7.22. The number of pyridine rings is 1. The first-order chi connectivity index (χ1) is 9.22. The van der Waals surface area contributed by atoms with Crippen LogP contribution in [0, 0.1) is 0 Å². The van der Waals surface area contributed by atoms with E-state index in [9.17, 15) is 4.79 Å². The van der Waals surface area contributed by atoms with E-state index in [2.05, 4.69) is 23.3 Å². The molecule has 1 amide bonds. The van der Waals surface area contributed by atoms with Crippen LogP contribution in [0.25, 0.3) is 0 Å². The molecule has 1 aliphatic rings. The Kier molecular flexibility index (Phi) is 4.77. The average Bonchev–Trinajstić information content (AvgIpc) is 2.47. The summed E-state index contributed by atoms with van der Waals surface area (Å²) in [5, 5.41) is 3.48. The minimum absolute atomic E-state index is 0.268. The van der Waals surface area contributed by atoms with Gasteiger partial charge in [-0.2, -0.15) is 0 Å². The molecule has 1 aromatic heterocycles. The number of hydrogen-bond donors (Lipinski definition) is 1. The van der Waals surface area contributed by atoms with Gasteiger partial charge < -0.3 is 10.2 Å². The molecule has 0 saturated carbocycles. The summed E-state index contributed by atoms with van der Waals surface area (Å²) in [5.74, 6) is 1.23. The molecule has 0 spiro atoms. The summed E-state index contributed by atoms with van der Waals surface area (Å²) >= 11 is 0. The molecule has 0 aliphatic carbocycles. The summed E-state index contributed by atoms with van der Waals surface area (Å²) in [6, 6.07) is 4.59. The van der Waals surface area contributed by atoms with E-state index in [1.165, 1.54) is 5.56 Å².